The number of piperidine rings is 1. The first-order valence-electron chi connectivity index (χ1n) is 10.7. The van der Waals surface area contributed by atoms with Crippen LogP contribution < -0.4 is 14.8 Å². The topological polar surface area (TPSA) is 76.6 Å². The van der Waals surface area contributed by atoms with Crippen LogP contribution in [0.3, 0.4) is 0 Å². The molecule has 0 aliphatic carbocycles. The molecule has 0 spiro atoms. The molecule has 8 heteroatoms. The number of hydrogen-bond donors (Lipinski definition) is 1. The minimum absolute atomic E-state index is 0.120. The molecule has 2 amide bonds. The molecule has 1 N–H and O–H groups in total. The van der Waals surface area contributed by atoms with Crippen molar-refractivity contribution in [2.24, 2.45) is 5.92 Å². The molecule has 1 aliphatic rings. The Balaban J connectivity index is 1.37. The number of carbonyl (C=O) groups is 1. The number of likely N-dealkylation sites (tertiary alicyclic amines) is 1. The summed E-state index contributed by atoms with van der Waals surface area (Å²) in [4.78, 5) is 22.9. The lowest BCUT2D eigenvalue weighted by Gasteiger charge is -2.33. The zero-order valence-electron chi connectivity index (χ0n) is 18.5. The molecule has 0 radical (unpaired) electrons. The van der Waals surface area contributed by atoms with Crippen LogP contribution in [-0.4, -0.2) is 41.1 Å². The van der Waals surface area contributed by atoms with Crippen molar-refractivity contribution in [3.05, 3.63) is 76.5 Å². The van der Waals surface area contributed by atoms with Gasteiger partial charge in [0.2, 0.25) is 11.8 Å². The molecular formula is C25H25BrN4O3. The predicted octanol–water partition coefficient (Wildman–Crippen LogP) is 6.00. The third kappa shape index (κ3) is 6.10. The fraction of sp³-hybridized carbons (Fsp3) is 0.240. The number of benzene rings is 1. The summed E-state index contributed by atoms with van der Waals surface area (Å²) in [6.45, 7) is 3.46. The van der Waals surface area contributed by atoms with Crippen molar-refractivity contribution in [1.82, 2.24) is 14.9 Å². The van der Waals surface area contributed by atoms with Gasteiger partial charge in [0, 0.05) is 35.9 Å². The molecule has 170 valence electrons. The van der Waals surface area contributed by atoms with Gasteiger partial charge in [0.1, 0.15) is 5.75 Å². The average Bonchev–Trinajstić information content (AvgIpc) is 2.82. The summed E-state index contributed by atoms with van der Waals surface area (Å²) in [7, 11) is 1.56. The second-order valence-electron chi connectivity index (χ2n) is 7.82. The van der Waals surface area contributed by atoms with Gasteiger partial charge in [-0.3, -0.25) is 0 Å². The Morgan fingerprint density at radius 2 is 1.97 bits per heavy atom. The number of ether oxygens (including phenoxy) is 2. The van der Waals surface area contributed by atoms with Crippen molar-refractivity contribution in [1.29, 1.82) is 0 Å². The monoisotopic (exact) mass is 508 g/mol. The van der Waals surface area contributed by atoms with E-state index in [0.717, 1.165) is 22.2 Å². The molecule has 4 rings (SSSR count). The van der Waals surface area contributed by atoms with Gasteiger partial charge < -0.3 is 19.7 Å². The molecule has 1 atom stereocenters. The Morgan fingerprint density at radius 1 is 1.15 bits per heavy atom. The highest BCUT2D eigenvalue weighted by atomic mass is 79.9. The molecular weight excluding hydrogens is 484 g/mol. The van der Waals surface area contributed by atoms with E-state index in [-0.39, 0.29) is 11.9 Å². The van der Waals surface area contributed by atoms with E-state index in [2.05, 4.69) is 50.3 Å². The Hall–Kier alpha value is -3.39. The van der Waals surface area contributed by atoms with E-state index in [9.17, 15) is 4.79 Å². The smallest absolute Gasteiger partial charge is 0.321 e. The van der Waals surface area contributed by atoms with Crippen molar-refractivity contribution in [3.63, 3.8) is 0 Å². The maximum Gasteiger partial charge on any atom is 0.321 e. The lowest BCUT2D eigenvalue weighted by Crippen LogP contribution is -2.42. The fourth-order valence-corrected chi connectivity index (χ4v) is 3.89. The number of nitrogens with zero attached hydrogens (tertiary/aromatic N) is 3. The quantitative estimate of drug-likeness (QED) is 0.457. The number of urea groups is 1. The summed E-state index contributed by atoms with van der Waals surface area (Å²) in [6.07, 6.45) is 6.30. The van der Waals surface area contributed by atoms with Crippen molar-refractivity contribution in [2.45, 2.75) is 13.3 Å². The molecule has 33 heavy (non-hydrogen) atoms. The first kappa shape index (κ1) is 22.8. The summed E-state index contributed by atoms with van der Waals surface area (Å²) in [5.74, 6) is 2.03. The largest absolute Gasteiger partial charge is 0.481 e. The van der Waals surface area contributed by atoms with Crippen LogP contribution >= 0.6 is 15.9 Å². The number of methoxy groups -OCH3 is 1. The molecule has 1 saturated heterocycles. The Bertz CT molecular complexity index is 1130. The van der Waals surface area contributed by atoms with Crippen molar-refractivity contribution < 1.29 is 14.3 Å². The normalized spacial score (nSPS) is 17.0. The van der Waals surface area contributed by atoms with Crippen LogP contribution in [0.5, 0.6) is 17.5 Å². The number of halogens is 1. The minimum atomic E-state index is -0.120. The first-order chi connectivity index (χ1) is 16.0. The predicted molar refractivity (Wildman–Crippen MR) is 132 cm³/mol. The van der Waals surface area contributed by atoms with Crippen LogP contribution in [0.1, 0.15) is 18.9 Å². The number of rotatable bonds is 5. The average molecular weight is 509 g/mol. The lowest BCUT2D eigenvalue weighted by molar-refractivity contribution is 0.198. The van der Waals surface area contributed by atoms with Gasteiger partial charge in [0.15, 0.2) is 0 Å². The fourth-order valence-electron chi connectivity index (χ4n) is 3.65. The van der Waals surface area contributed by atoms with Gasteiger partial charge >= 0.3 is 6.03 Å². The van der Waals surface area contributed by atoms with Gasteiger partial charge in [-0.05, 0) is 58.1 Å². The zero-order chi connectivity index (χ0) is 23.2. The van der Waals surface area contributed by atoms with Crippen LogP contribution in [0, 0.1) is 5.92 Å². The van der Waals surface area contributed by atoms with Gasteiger partial charge in [-0.1, -0.05) is 30.7 Å². The molecule has 7 nitrogen and oxygen atoms in total. The molecule has 2 aromatic heterocycles. The van der Waals surface area contributed by atoms with Gasteiger partial charge in [-0.2, -0.15) is 0 Å². The van der Waals surface area contributed by atoms with E-state index < -0.39 is 0 Å². The minimum Gasteiger partial charge on any atom is -0.481 e. The molecule has 1 aliphatic heterocycles. The number of aromatic nitrogens is 2. The number of nitrogens with one attached hydrogen (secondary N) is 1. The summed E-state index contributed by atoms with van der Waals surface area (Å²) < 4.78 is 11.8. The van der Waals surface area contributed by atoms with Crippen LogP contribution in [0.2, 0.25) is 0 Å². The van der Waals surface area contributed by atoms with Gasteiger partial charge in [-0.15, -0.1) is 0 Å². The van der Waals surface area contributed by atoms with Crippen LogP contribution in [0.15, 0.2) is 71.0 Å². The van der Waals surface area contributed by atoms with E-state index in [1.54, 1.807) is 31.6 Å². The Kier molecular flexibility index (Phi) is 7.24. The number of pyridine rings is 2. The molecule has 0 bridgehead atoms. The van der Waals surface area contributed by atoms with E-state index in [4.69, 9.17) is 9.47 Å². The number of hydrogen-bond acceptors (Lipinski definition) is 5. The first-order valence-corrected chi connectivity index (χ1v) is 11.5. The summed E-state index contributed by atoms with van der Waals surface area (Å²) in [6, 6.07) is 15.0. The van der Waals surface area contributed by atoms with Crippen LogP contribution in [0.4, 0.5) is 10.5 Å². The standard InChI is InChI=1S/C25H25BrN4O3/c1-17-16-30(25(31)29-21-7-9-23(32-2)28-15-21)11-10-19(17)12-18-4-3-5-22(13-18)33-24-8-6-20(26)14-27-24/h3-9,12-15,17H,10-11,16H2,1-2H3,(H,29,31). The molecule has 1 fully saturated rings. The third-order valence-corrected chi connectivity index (χ3v) is 5.88. The number of amides is 2. The Morgan fingerprint density at radius 3 is 2.67 bits per heavy atom. The highest BCUT2D eigenvalue weighted by Crippen LogP contribution is 2.28. The second kappa shape index (κ2) is 10.5. The summed E-state index contributed by atoms with van der Waals surface area (Å²) in [5.41, 5.74) is 3.02. The highest BCUT2D eigenvalue weighted by Gasteiger charge is 2.24. The van der Waals surface area contributed by atoms with Crippen molar-refractivity contribution >= 4 is 33.7 Å². The highest BCUT2D eigenvalue weighted by molar-refractivity contribution is 9.10. The molecule has 1 aromatic carbocycles. The van der Waals surface area contributed by atoms with E-state index in [0.29, 0.717) is 30.5 Å². The summed E-state index contributed by atoms with van der Waals surface area (Å²) in [5, 5.41) is 2.91. The number of anilines is 1. The molecule has 0 saturated carbocycles. The van der Waals surface area contributed by atoms with Crippen molar-refractivity contribution in [3.8, 4) is 17.5 Å². The molecule has 1 unspecified atom stereocenters. The van der Waals surface area contributed by atoms with Gasteiger partial charge in [0.25, 0.3) is 0 Å². The lowest BCUT2D eigenvalue weighted by atomic mass is 9.91. The maximum atomic E-state index is 12.7. The van der Waals surface area contributed by atoms with Crippen molar-refractivity contribution in [2.75, 3.05) is 25.5 Å². The molecule has 3 heterocycles. The molecule has 3 aromatic rings. The van der Waals surface area contributed by atoms with Crippen LogP contribution in [0.25, 0.3) is 6.08 Å². The SMILES string of the molecule is COc1ccc(NC(=O)N2CCC(=Cc3cccc(Oc4ccc(Br)cn4)c3)C(C)C2)cn1. The third-order valence-electron chi connectivity index (χ3n) is 5.41. The van der Waals surface area contributed by atoms with Crippen LogP contribution in [-0.2, 0) is 0 Å². The zero-order valence-corrected chi connectivity index (χ0v) is 20.1. The van der Waals surface area contributed by atoms with Gasteiger partial charge in [0.05, 0.1) is 19.0 Å². The van der Waals surface area contributed by atoms with E-state index in [1.807, 2.05) is 35.2 Å². The number of carbonyl (C=O) groups excluding carboxylic acids is 1. The second-order valence-corrected chi connectivity index (χ2v) is 8.74. The van der Waals surface area contributed by atoms with Gasteiger partial charge in [-0.25, -0.2) is 14.8 Å². The summed E-state index contributed by atoms with van der Waals surface area (Å²) >= 11 is 3.38. The van der Waals surface area contributed by atoms with E-state index >= 15 is 0 Å². The maximum absolute atomic E-state index is 12.7. The Labute approximate surface area is 201 Å². The van der Waals surface area contributed by atoms with E-state index in [1.165, 1.54) is 5.57 Å².